The highest BCUT2D eigenvalue weighted by Gasteiger charge is 2.51. The number of carboxylic acids is 1. The van der Waals surface area contributed by atoms with Crippen molar-refractivity contribution in [1.29, 1.82) is 0 Å². The summed E-state index contributed by atoms with van der Waals surface area (Å²) in [6.45, 7) is 9.04. The van der Waals surface area contributed by atoms with Gasteiger partial charge in [-0.3, -0.25) is 24.0 Å². The number of ketones is 1. The van der Waals surface area contributed by atoms with E-state index in [0.717, 1.165) is 12.8 Å². The van der Waals surface area contributed by atoms with Gasteiger partial charge in [-0.2, -0.15) is 0 Å². The summed E-state index contributed by atoms with van der Waals surface area (Å²) in [5.74, 6) is -5.79. The average molecular weight is 629 g/mol. The maximum absolute atomic E-state index is 13.9. The summed E-state index contributed by atoms with van der Waals surface area (Å²) >= 11 is 0. The molecule has 1 aliphatic heterocycles. The third-order valence-electron chi connectivity index (χ3n) is 8.89. The van der Waals surface area contributed by atoms with E-state index in [4.69, 9.17) is 0 Å². The third kappa shape index (κ3) is 8.90. The lowest BCUT2D eigenvalue weighted by molar-refractivity contribution is -0.146. The Balaban J connectivity index is 1.78. The molecule has 1 saturated heterocycles. The number of aliphatic carboxylic acids is 1. The monoisotopic (exact) mass is 628 g/mol. The van der Waals surface area contributed by atoms with Crippen molar-refractivity contribution in [3.05, 3.63) is 35.9 Å². The van der Waals surface area contributed by atoms with Crippen molar-refractivity contribution >= 4 is 35.4 Å². The molecule has 0 spiro atoms. The number of aliphatic hydroxyl groups excluding tert-OH is 1. The molecule has 0 bridgehead atoms. The largest absolute Gasteiger partial charge is 0.480 e. The fourth-order valence-corrected chi connectivity index (χ4v) is 6.35. The molecule has 0 aromatic heterocycles. The number of fused-ring (bicyclic) bond motifs is 1. The van der Waals surface area contributed by atoms with Crippen molar-refractivity contribution in [3.8, 4) is 0 Å². The fourth-order valence-electron chi connectivity index (χ4n) is 6.35. The number of aliphatic hydroxyl groups is 1. The molecule has 4 amide bonds. The third-order valence-corrected chi connectivity index (χ3v) is 8.89. The van der Waals surface area contributed by atoms with Gasteiger partial charge >= 0.3 is 5.97 Å². The number of nitrogens with zero attached hydrogens (tertiary/aromatic N) is 1. The van der Waals surface area contributed by atoms with Crippen molar-refractivity contribution < 1.29 is 39.0 Å². The number of carboxylic acid groups (broad SMARTS) is 1. The zero-order valence-electron chi connectivity index (χ0n) is 26.8. The Morgan fingerprint density at radius 3 is 2.16 bits per heavy atom. The molecular weight excluding hydrogens is 580 g/mol. The molecule has 45 heavy (non-hydrogen) atoms. The molecule has 1 heterocycles. The second-order valence-corrected chi connectivity index (χ2v) is 13.0. The minimum Gasteiger partial charge on any atom is -0.480 e. The smallest absolute Gasteiger partial charge is 0.326 e. The van der Waals surface area contributed by atoms with Gasteiger partial charge in [0.25, 0.3) is 5.91 Å². The van der Waals surface area contributed by atoms with Crippen molar-refractivity contribution in [2.24, 2.45) is 23.7 Å². The summed E-state index contributed by atoms with van der Waals surface area (Å²) in [7, 11) is 0. The van der Waals surface area contributed by atoms with E-state index in [0.29, 0.717) is 24.9 Å². The van der Waals surface area contributed by atoms with Gasteiger partial charge in [-0.25, -0.2) is 4.79 Å². The number of likely N-dealkylation sites (tertiary alicyclic amines) is 1. The molecule has 5 N–H and O–H groups in total. The number of nitrogens with one attached hydrogen (secondary N) is 3. The quantitative estimate of drug-likeness (QED) is 0.181. The van der Waals surface area contributed by atoms with E-state index in [9.17, 15) is 39.0 Å². The number of hydrogen-bond donors (Lipinski definition) is 5. The van der Waals surface area contributed by atoms with Gasteiger partial charge in [0.15, 0.2) is 0 Å². The molecule has 0 radical (unpaired) electrons. The Morgan fingerprint density at radius 2 is 1.58 bits per heavy atom. The Morgan fingerprint density at radius 1 is 0.911 bits per heavy atom. The van der Waals surface area contributed by atoms with E-state index in [1.807, 2.05) is 0 Å². The summed E-state index contributed by atoms with van der Waals surface area (Å²) in [4.78, 5) is 80.1. The summed E-state index contributed by atoms with van der Waals surface area (Å²) < 4.78 is 0. The van der Waals surface area contributed by atoms with Crippen LogP contribution >= 0.6 is 0 Å². The lowest BCUT2D eigenvalue weighted by atomic mass is 9.92. The maximum atomic E-state index is 13.9. The van der Waals surface area contributed by atoms with Crippen molar-refractivity contribution in [1.82, 2.24) is 20.9 Å². The van der Waals surface area contributed by atoms with Crippen LogP contribution in [0.25, 0.3) is 0 Å². The van der Waals surface area contributed by atoms with E-state index in [2.05, 4.69) is 16.0 Å². The molecular formula is C33H48N4O8. The summed E-state index contributed by atoms with van der Waals surface area (Å²) in [5.41, 5.74) is 0.669. The minimum absolute atomic E-state index is 0.0238. The van der Waals surface area contributed by atoms with Gasteiger partial charge in [0.2, 0.25) is 23.5 Å². The molecule has 2 unspecified atom stereocenters. The first kappa shape index (κ1) is 35.7. The molecule has 12 heteroatoms. The van der Waals surface area contributed by atoms with Crippen LogP contribution < -0.4 is 16.0 Å². The predicted octanol–water partition coefficient (Wildman–Crippen LogP) is 1.44. The van der Waals surface area contributed by atoms with Crippen LogP contribution in [-0.2, 0) is 35.2 Å². The number of rotatable bonds is 15. The zero-order valence-corrected chi connectivity index (χ0v) is 26.8. The van der Waals surface area contributed by atoms with Crippen molar-refractivity contribution in [2.75, 3.05) is 6.54 Å². The summed E-state index contributed by atoms with van der Waals surface area (Å²) in [6.07, 6.45) is 1.71. The van der Waals surface area contributed by atoms with Crippen LogP contribution in [0.4, 0.5) is 0 Å². The summed E-state index contributed by atoms with van der Waals surface area (Å²) in [5, 5.41) is 27.6. The molecule has 1 saturated carbocycles. The molecule has 1 aliphatic carbocycles. The first-order chi connectivity index (χ1) is 21.3. The van der Waals surface area contributed by atoms with Crippen LogP contribution in [0.15, 0.2) is 30.3 Å². The molecule has 2 fully saturated rings. The number of Topliss-reactive ketones (excluding diaryl/α,β-unsaturated/α-hetero) is 1. The highest BCUT2D eigenvalue weighted by atomic mass is 16.4. The van der Waals surface area contributed by atoms with Crippen LogP contribution in [0.5, 0.6) is 0 Å². The van der Waals surface area contributed by atoms with Crippen LogP contribution in [0.3, 0.4) is 0 Å². The molecule has 2 aliphatic rings. The Hall–Kier alpha value is -3.80. The first-order valence-electron chi connectivity index (χ1n) is 16.0. The summed E-state index contributed by atoms with van der Waals surface area (Å²) in [6, 6.07) is 4.26. The normalized spacial score (nSPS) is 21.9. The van der Waals surface area contributed by atoms with E-state index < -0.39 is 65.7 Å². The van der Waals surface area contributed by atoms with Gasteiger partial charge in [-0.1, -0.05) is 77.8 Å². The Labute approximate surface area is 264 Å². The molecule has 248 valence electrons. The van der Waals surface area contributed by atoms with Crippen LogP contribution in [0.1, 0.15) is 72.3 Å². The minimum atomic E-state index is -1.35. The Bertz CT molecular complexity index is 1240. The lowest BCUT2D eigenvalue weighted by Gasteiger charge is -2.33. The second kappa shape index (κ2) is 16.0. The van der Waals surface area contributed by atoms with Crippen molar-refractivity contribution in [2.45, 2.75) is 103 Å². The van der Waals surface area contributed by atoms with E-state index >= 15 is 0 Å². The van der Waals surface area contributed by atoms with Gasteiger partial charge in [-0.15, -0.1) is 0 Å². The molecule has 1 aromatic rings. The van der Waals surface area contributed by atoms with Gasteiger partial charge in [0.1, 0.15) is 24.2 Å². The van der Waals surface area contributed by atoms with Gasteiger partial charge in [0, 0.05) is 13.0 Å². The van der Waals surface area contributed by atoms with Crippen LogP contribution in [0, 0.1) is 23.7 Å². The standard InChI is InChI=1S/C33H48N4O8/c1-6-11-23(28(39)31(42)35-24(33(44)45)16-20-12-8-7-9-13-20)34-29(40)26-22-15-10-14-21(22)17-37(26)32(43)25(18(2)3)36-30(41)27(38)19(4)5/h7-9,12-13,18-19,21-27,38H,6,10-11,14-17H2,1-5H3,(H,34,40)(H,35,42)(H,36,41)(H,44,45)/t21-,22-,23?,24-,25-,26?,27-/m0/s1. The van der Waals surface area contributed by atoms with E-state index in [1.54, 1.807) is 65.0 Å². The second-order valence-electron chi connectivity index (χ2n) is 13.0. The molecule has 7 atom stereocenters. The van der Waals surface area contributed by atoms with E-state index in [1.165, 1.54) is 4.90 Å². The highest BCUT2D eigenvalue weighted by Crippen LogP contribution is 2.42. The topological polar surface area (TPSA) is 182 Å². The van der Waals surface area contributed by atoms with E-state index in [-0.39, 0.29) is 36.5 Å². The molecule has 12 nitrogen and oxygen atoms in total. The molecule has 1 aromatic carbocycles. The number of benzene rings is 1. The number of carbonyl (C=O) groups is 6. The lowest BCUT2D eigenvalue weighted by Crippen LogP contribution is -2.59. The average Bonchev–Trinajstić information content (AvgIpc) is 3.60. The van der Waals surface area contributed by atoms with Crippen LogP contribution in [-0.4, -0.2) is 87.3 Å². The zero-order chi connectivity index (χ0) is 33.4. The number of carbonyl (C=O) groups excluding carboxylic acids is 5. The first-order valence-corrected chi connectivity index (χ1v) is 16.0. The van der Waals surface area contributed by atoms with Gasteiger partial charge in [-0.05, 0) is 48.5 Å². The highest BCUT2D eigenvalue weighted by molar-refractivity contribution is 6.38. The van der Waals surface area contributed by atoms with Crippen molar-refractivity contribution in [3.63, 3.8) is 0 Å². The predicted molar refractivity (Wildman–Crippen MR) is 166 cm³/mol. The maximum Gasteiger partial charge on any atom is 0.326 e. The number of amides is 4. The molecule has 3 rings (SSSR count). The SMILES string of the molecule is CCCC(NC(=O)C1[C@H]2CCC[C@H]2CN1C(=O)[C@@H](NC(=O)[C@@H](O)C(C)C)C(C)C)C(=O)C(=O)N[C@@H](Cc1ccccc1)C(=O)O. The number of hydrogen-bond acceptors (Lipinski definition) is 7. The Kier molecular flexibility index (Phi) is 12.7. The van der Waals surface area contributed by atoms with Crippen LogP contribution in [0.2, 0.25) is 0 Å². The fraction of sp³-hybridized carbons (Fsp3) is 0.636. The van der Waals surface area contributed by atoms with Gasteiger partial charge < -0.3 is 31.1 Å². The van der Waals surface area contributed by atoms with Gasteiger partial charge in [0.05, 0.1) is 6.04 Å².